The summed E-state index contributed by atoms with van der Waals surface area (Å²) < 4.78 is 10.5. The van der Waals surface area contributed by atoms with Crippen molar-refractivity contribution in [2.75, 3.05) is 38.2 Å². The van der Waals surface area contributed by atoms with Crippen LogP contribution in [0, 0.1) is 5.92 Å². The number of aromatic amines is 1. The monoisotopic (exact) mass is 443 g/mol. The van der Waals surface area contributed by atoms with Gasteiger partial charge in [-0.15, -0.1) is 0 Å². The number of carbonyl (C=O) groups is 1. The van der Waals surface area contributed by atoms with Crippen molar-refractivity contribution < 1.29 is 9.53 Å². The number of aromatic nitrogens is 3. The molecule has 9 nitrogen and oxygen atoms in total. The van der Waals surface area contributed by atoms with Crippen LogP contribution in [0.3, 0.4) is 0 Å². The Hall–Kier alpha value is -3.14. The smallest absolute Gasteiger partial charge is 0.328 e. The van der Waals surface area contributed by atoms with Gasteiger partial charge in [0.15, 0.2) is 5.52 Å². The van der Waals surface area contributed by atoms with Crippen LogP contribution >= 0.6 is 11.5 Å². The molecule has 0 radical (unpaired) electrons. The molecule has 0 atom stereocenters. The summed E-state index contributed by atoms with van der Waals surface area (Å²) in [4.78, 5) is 45.2. The van der Waals surface area contributed by atoms with Gasteiger partial charge in [0.2, 0.25) is 0 Å². The van der Waals surface area contributed by atoms with E-state index in [0.717, 1.165) is 27.5 Å². The number of nitrogens with one attached hydrogen (secondary N) is 1. The number of ether oxygens (including phenoxy) is 1. The largest absolute Gasteiger partial charge is 0.497 e. The lowest BCUT2D eigenvalue weighted by atomic mass is 10.2. The zero-order chi connectivity index (χ0) is 22.1. The van der Waals surface area contributed by atoms with Gasteiger partial charge in [-0.05, 0) is 41.7 Å². The van der Waals surface area contributed by atoms with Gasteiger partial charge < -0.3 is 19.5 Å². The molecule has 0 bridgehead atoms. The molecule has 4 rings (SSSR count). The van der Waals surface area contributed by atoms with Crippen molar-refractivity contribution in [3.63, 3.8) is 0 Å². The molecule has 0 aliphatic carbocycles. The molecule has 0 unspecified atom stereocenters. The van der Waals surface area contributed by atoms with Crippen molar-refractivity contribution in [1.82, 2.24) is 18.8 Å². The van der Waals surface area contributed by atoms with Crippen LogP contribution < -0.4 is 20.9 Å². The van der Waals surface area contributed by atoms with Crippen molar-refractivity contribution in [3.8, 4) is 5.75 Å². The summed E-state index contributed by atoms with van der Waals surface area (Å²) in [5, 5.41) is 0. The van der Waals surface area contributed by atoms with E-state index >= 15 is 0 Å². The van der Waals surface area contributed by atoms with Gasteiger partial charge in [-0.3, -0.25) is 14.2 Å². The van der Waals surface area contributed by atoms with Gasteiger partial charge in [0.25, 0.3) is 11.5 Å². The second-order valence-electron chi connectivity index (χ2n) is 7.95. The molecular weight excluding hydrogens is 418 g/mol. The van der Waals surface area contributed by atoms with E-state index in [4.69, 9.17) is 4.74 Å². The van der Waals surface area contributed by atoms with Crippen LogP contribution in [0.2, 0.25) is 0 Å². The SMILES string of the molecule is COc1ccc(N2CCN(C(=O)c3snc4c(=O)n(CC(C)C)c(=O)[nH]c34)CC2)cc1. The summed E-state index contributed by atoms with van der Waals surface area (Å²) in [5.74, 6) is 0.729. The first-order valence-electron chi connectivity index (χ1n) is 10.2. The first-order chi connectivity index (χ1) is 14.9. The molecule has 2 aromatic heterocycles. The van der Waals surface area contributed by atoms with Crippen LogP contribution in [-0.2, 0) is 6.54 Å². The zero-order valence-electron chi connectivity index (χ0n) is 17.8. The van der Waals surface area contributed by atoms with Gasteiger partial charge in [0.1, 0.15) is 10.6 Å². The standard InChI is InChI=1S/C21H25N5O4S/c1-13(2)12-26-19(27)17-16(22-21(26)29)18(31-23-17)20(28)25-10-8-24(9-11-25)14-4-6-15(30-3)7-5-14/h4-7,13H,8-12H2,1-3H3,(H,22,29). The van der Waals surface area contributed by atoms with Gasteiger partial charge in [-0.2, -0.15) is 4.37 Å². The number of rotatable bonds is 5. The number of fused-ring (bicyclic) bond motifs is 1. The predicted octanol–water partition coefficient (Wildman–Crippen LogP) is 1.77. The van der Waals surface area contributed by atoms with E-state index in [1.54, 1.807) is 12.0 Å². The van der Waals surface area contributed by atoms with E-state index in [0.29, 0.717) is 37.6 Å². The third-order valence-corrected chi connectivity index (χ3v) is 6.20. The number of hydrogen-bond donors (Lipinski definition) is 1. The van der Waals surface area contributed by atoms with Crippen LogP contribution in [0.4, 0.5) is 5.69 Å². The normalized spacial score (nSPS) is 14.5. The summed E-state index contributed by atoms with van der Waals surface area (Å²) in [7, 11) is 1.63. The molecule has 0 saturated carbocycles. The lowest BCUT2D eigenvalue weighted by Crippen LogP contribution is -2.48. The average Bonchev–Trinajstić information content (AvgIpc) is 3.20. The number of hydrogen-bond acceptors (Lipinski definition) is 7. The molecular formula is C21H25N5O4S. The molecule has 31 heavy (non-hydrogen) atoms. The number of amides is 1. The highest BCUT2D eigenvalue weighted by molar-refractivity contribution is 7.09. The highest BCUT2D eigenvalue weighted by atomic mass is 32.1. The van der Waals surface area contributed by atoms with Crippen molar-refractivity contribution >= 4 is 34.2 Å². The van der Waals surface area contributed by atoms with Crippen LogP contribution in [-0.4, -0.2) is 58.0 Å². The highest BCUT2D eigenvalue weighted by Crippen LogP contribution is 2.23. The van der Waals surface area contributed by atoms with Gasteiger partial charge in [0.05, 0.1) is 12.6 Å². The number of carbonyl (C=O) groups excluding carboxylic acids is 1. The Morgan fingerprint density at radius 3 is 2.45 bits per heavy atom. The second kappa shape index (κ2) is 8.54. The third kappa shape index (κ3) is 4.07. The van der Waals surface area contributed by atoms with Crippen molar-refractivity contribution in [1.29, 1.82) is 0 Å². The van der Waals surface area contributed by atoms with E-state index in [2.05, 4.69) is 14.3 Å². The first-order valence-corrected chi connectivity index (χ1v) is 11.0. The minimum atomic E-state index is -0.509. The molecule has 1 fully saturated rings. The molecule has 1 amide bonds. The maximum atomic E-state index is 13.1. The molecule has 3 heterocycles. The summed E-state index contributed by atoms with van der Waals surface area (Å²) in [6.07, 6.45) is 0. The predicted molar refractivity (Wildman–Crippen MR) is 120 cm³/mol. The highest BCUT2D eigenvalue weighted by Gasteiger charge is 2.27. The molecule has 0 spiro atoms. The lowest BCUT2D eigenvalue weighted by Gasteiger charge is -2.36. The first kappa shape index (κ1) is 21.1. The number of methoxy groups -OCH3 is 1. The minimum Gasteiger partial charge on any atom is -0.497 e. The Morgan fingerprint density at radius 2 is 1.84 bits per heavy atom. The van der Waals surface area contributed by atoms with Crippen LogP contribution in [0.25, 0.3) is 11.0 Å². The van der Waals surface area contributed by atoms with Crippen molar-refractivity contribution in [2.24, 2.45) is 5.92 Å². The lowest BCUT2D eigenvalue weighted by molar-refractivity contribution is 0.0753. The molecule has 1 aromatic carbocycles. The molecule has 1 N–H and O–H groups in total. The maximum absolute atomic E-state index is 13.1. The number of piperazine rings is 1. The fraction of sp³-hybridized carbons (Fsp3) is 0.429. The molecule has 10 heteroatoms. The van der Waals surface area contributed by atoms with E-state index in [1.165, 1.54) is 0 Å². The molecule has 3 aromatic rings. The quantitative estimate of drug-likeness (QED) is 0.645. The summed E-state index contributed by atoms with van der Waals surface area (Å²) in [6, 6.07) is 7.83. The Balaban J connectivity index is 1.52. The van der Waals surface area contributed by atoms with E-state index in [1.807, 2.05) is 38.1 Å². The Bertz CT molecular complexity index is 1200. The Morgan fingerprint density at radius 1 is 1.16 bits per heavy atom. The summed E-state index contributed by atoms with van der Waals surface area (Å²) in [5.41, 5.74) is 0.496. The number of H-pyrrole nitrogens is 1. The molecule has 1 saturated heterocycles. The minimum absolute atomic E-state index is 0.137. The van der Waals surface area contributed by atoms with Gasteiger partial charge in [0, 0.05) is 38.4 Å². The van der Waals surface area contributed by atoms with Gasteiger partial charge in [-0.25, -0.2) is 4.79 Å². The zero-order valence-corrected chi connectivity index (χ0v) is 18.6. The number of anilines is 1. The maximum Gasteiger partial charge on any atom is 0.328 e. The van der Waals surface area contributed by atoms with Crippen LogP contribution in [0.15, 0.2) is 33.9 Å². The summed E-state index contributed by atoms with van der Waals surface area (Å²) >= 11 is 0.964. The third-order valence-electron chi connectivity index (χ3n) is 5.36. The van der Waals surface area contributed by atoms with Gasteiger partial charge >= 0.3 is 5.69 Å². The van der Waals surface area contributed by atoms with Crippen LogP contribution in [0.5, 0.6) is 5.75 Å². The second-order valence-corrected chi connectivity index (χ2v) is 8.73. The number of benzene rings is 1. The van der Waals surface area contributed by atoms with E-state index in [9.17, 15) is 14.4 Å². The van der Waals surface area contributed by atoms with Gasteiger partial charge in [-0.1, -0.05) is 13.8 Å². The Kier molecular flexibility index (Phi) is 5.81. The summed E-state index contributed by atoms with van der Waals surface area (Å²) in [6.45, 7) is 6.62. The number of nitrogens with zero attached hydrogens (tertiary/aromatic N) is 4. The fourth-order valence-corrected chi connectivity index (χ4v) is 4.53. The van der Waals surface area contributed by atoms with E-state index in [-0.39, 0.29) is 22.9 Å². The molecule has 1 aliphatic heterocycles. The molecule has 1 aliphatic rings. The fourth-order valence-electron chi connectivity index (χ4n) is 3.73. The average molecular weight is 444 g/mol. The van der Waals surface area contributed by atoms with Crippen LogP contribution in [0.1, 0.15) is 23.5 Å². The Labute approximate surface area is 183 Å². The van der Waals surface area contributed by atoms with Crippen molar-refractivity contribution in [2.45, 2.75) is 20.4 Å². The van der Waals surface area contributed by atoms with E-state index < -0.39 is 11.2 Å². The topological polar surface area (TPSA) is 101 Å². The van der Waals surface area contributed by atoms with Crippen molar-refractivity contribution in [3.05, 3.63) is 50.0 Å². The molecule has 164 valence electrons.